The SMILES string of the molecule is C/C(=C/c1ccccc1)CNCc1ccccc1CN1CCOCC1. The van der Waals surface area contributed by atoms with Crippen molar-refractivity contribution in [2.24, 2.45) is 0 Å². The van der Waals surface area contributed by atoms with Crippen LogP contribution in [0.1, 0.15) is 23.6 Å². The monoisotopic (exact) mass is 336 g/mol. The molecule has 0 radical (unpaired) electrons. The molecule has 1 aliphatic heterocycles. The summed E-state index contributed by atoms with van der Waals surface area (Å²) in [7, 11) is 0. The molecule has 0 aromatic heterocycles. The Morgan fingerprint density at radius 1 is 1.00 bits per heavy atom. The predicted octanol–water partition coefficient (Wildman–Crippen LogP) is 3.71. The van der Waals surface area contributed by atoms with Gasteiger partial charge in [0.2, 0.25) is 0 Å². The van der Waals surface area contributed by atoms with Gasteiger partial charge in [0.05, 0.1) is 13.2 Å². The zero-order chi connectivity index (χ0) is 17.3. The number of benzene rings is 2. The van der Waals surface area contributed by atoms with Crippen molar-refractivity contribution in [2.45, 2.75) is 20.0 Å². The molecule has 1 aliphatic rings. The fourth-order valence-corrected chi connectivity index (χ4v) is 3.16. The molecule has 0 bridgehead atoms. The molecule has 0 saturated carbocycles. The Morgan fingerprint density at radius 3 is 2.44 bits per heavy atom. The van der Waals surface area contributed by atoms with Crippen molar-refractivity contribution in [1.82, 2.24) is 10.2 Å². The minimum absolute atomic E-state index is 0.851. The third kappa shape index (κ3) is 5.82. The zero-order valence-corrected chi connectivity index (χ0v) is 15.1. The largest absolute Gasteiger partial charge is 0.379 e. The molecule has 0 atom stereocenters. The van der Waals surface area contributed by atoms with Crippen LogP contribution in [0.4, 0.5) is 0 Å². The first-order valence-corrected chi connectivity index (χ1v) is 9.11. The Morgan fingerprint density at radius 2 is 1.68 bits per heavy atom. The van der Waals surface area contributed by atoms with Gasteiger partial charge < -0.3 is 10.1 Å². The van der Waals surface area contributed by atoms with Crippen molar-refractivity contribution in [3.05, 3.63) is 76.9 Å². The van der Waals surface area contributed by atoms with Gasteiger partial charge in [0, 0.05) is 32.7 Å². The third-order valence-electron chi connectivity index (χ3n) is 4.55. The molecule has 3 rings (SSSR count). The van der Waals surface area contributed by atoms with E-state index in [-0.39, 0.29) is 0 Å². The van der Waals surface area contributed by atoms with Crippen LogP contribution in [0.25, 0.3) is 6.08 Å². The van der Waals surface area contributed by atoms with Crippen LogP contribution >= 0.6 is 0 Å². The summed E-state index contributed by atoms with van der Waals surface area (Å²) in [5, 5.41) is 3.59. The quantitative estimate of drug-likeness (QED) is 0.834. The number of morpholine rings is 1. The van der Waals surface area contributed by atoms with E-state index in [0.717, 1.165) is 45.9 Å². The first-order chi connectivity index (χ1) is 12.3. The smallest absolute Gasteiger partial charge is 0.0594 e. The van der Waals surface area contributed by atoms with Crippen molar-refractivity contribution < 1.29 is 4.74 Å². The molecule has 25 heavy (non-hydrogen) atoms. The van der Waals surface area contributed by atoms with E-state index in [1.807, 2.05) is 0 Å². The molecule has 2 aromatic carbocycles. The lowest BCUT2D eigenvalue weighted by atomic mass is 10.1. The van der Waals surface area contributed by atoms with E-state index in [0.29, 0.717) is 0 Å². The van der Waals surface area contributed by atoms with Crippen molar-refractivity contribution in [3.63, 3.8) is 0 Å². The lowest BCUT2D eigenvalue weighted by Gasteiger charge is -2.27. The highest BCUT2D eigenvalue weighted by molar-refractivity contribution is 5.52. The van der Waals surface area contributed by atoms with Gasteiger partial charge in [-0.15, -0.1) is 0 Å². The highest BCUT2D eigenvalue weighted by atomic mass is 16.5. The van der Waals surface area contributed by atoms with Gasteiger partial charge in [-0.25, -0.2) is 0 Å². The summed E-state index contributed by atoms with van der Waals surface area (Å²) in [5.74, 6) is 0. The van der Waals surface area contributed by atoms with Crippen LogP contribution in [-0.2, 0) is 17.8 Å². The van der Waals surface area contributed by atoms with Crippen molar-refractivity contribution in [1.29, 1.82) is 0 Å². The number of hydrogen-bond donors (Lipinski definition) is 1. The van der Waals surface area contributed by atoms with Gasteiger partial charge in [0.1, 0.15) is 0 Å². The molecule has 1 fully saturated rings. The molecule has 3 nitrogen and oxygen atoms in total. The molecule has 132 valence electrons. The minimum atomic E-state index is 0.851. The van der Waals surface area contributed by atoms with E-state index in [1.165, 1.54) is 22.3 Å². The lowest BCUT2D eigenvalue weighted by Crippen LogP contribution is -2.36. The molecule has 0 aliphatic carbocycles. The molecule has 1 heterocycles. The summed E-state index contributed by atoms with van der Waals surface area (Å²) < 4.78 is 5.45. The number of hydrogen-bond acceptors (Lipinski definition) is 3. The second-order valence-electron chi connectivity index (χ2n) is 6.66. The van der Waals surface area contributed by atoms with E-state index in [1.54, 1.807) is 0 Å². The summed E-state index contributed by atoms with van der Waals surface area (Å²) in [6.07, 6.45) is 2.24. The maximum atomic E-state index is 5.45. The standard InChI is InChI=1S/C22H28N2O/c1-19(15-20-7-3-2-4-8-20)16-23-17-21-9-5-6-10-22(21)18-24-11-13-25-14-12-24/h2-10,15,23H,11-14,16-18H2,1H3/b19-15-. The zero-order valence-electron chi connectivity index (χ0n) is 15.1. The van der Waals surface area contributed by atoms with Crippen LogP contribution in [0.2, 0.25) is 0 Å². The lowest BCUT2D eigenvalue weighted by molar-refractivity contribution is 0.0340. The van der Waals surface area contributed by atoms with Gasteiger partial charge in [-0.2, -0.15) is 0 Å². The maximum Gasteiger partial charge on any atom is 0.0594 e. The van der Waals surface area contributed by atoms with Gasteiger partial charge in [0.15, 0.2) is 0 Å². The van der Waals surface area contributed by atoms with Gasteiger partial charge in [-0.05, 0) is 23.6 Å². The van der Waals surface area contributed by atoms with Crippen molar-refractivity contribution in [3.8, 4) is 0 Å². The van der Waals surface area contributed by atoms with Gasteiger partial charge in [0.25, 0.3) is 0 Å². The number of nitrogens with zero attached hydrogens (tertiary/aromatic N) is 1. The van der Waals surface area contributed by atoms with E-state index >= 15 is 0 Å². The fourth-order valence-electron chi connectivity index (χ4n) is 3.16. The molecule has 0 spiro atoms. The topological polar surface area (TPSA) is 24.5 Å². The average molecular weight is 336 g/mol. The molecule has 1 N–H and O–H groups in total. The first kappa shape index (κ1) is 17.9. The second-order valence-corrected chi connectivity index (χ2v) is 6.66. The maximum absolute atomic E-state index is 5.45. The molecule has 0 unspecified atom stereocenters. The minimum Gasteiger partial charge on any atom is -0.379 e. The van der Waals surface area contributed by atoms with E-state index in [9.17, 15) is 0 Å². The normalized spacial score (nSPS) is 16.1. The molecular formula is C22H28N2O. The van der Waals surface area contributed by atoms with Gasteiger partial charge in [-0.3, -0.25) is 4.90 Å². The Labute approximate surface area is 151 Å². The molecule has 0 amide bonds. The Balaban J connectivity index is 1.53. The van der Waals surface area contributed by atoms with Crippen LogP contribution in [-0.4, -0.2) is 37.7 Å². The molecule has 1 saturated heterocycles. The van der Waals surface area contributed by atoms with Crippen LogP contribution in [0.5, 0.6) is 0 Å². The van der Waals surface area contributed by atoms with Crippen LogP contribution < -0.4 is 5.32 Å². The number of ether oxygens (including phenoxy) is 1. The van der Waals surface area contributed by atoms with E-state index in [2.05, 4.69) is 77.8 Å². The third-order valence-corrected chi connectivity index (χ3v) is 4.55. The highest BCUT2D eigenvalue weighted by Crippen LogP contribution is 2.13. The van der Waals surface area contributed by atoms with E-state index < -0.39 is 0 Å². The molecule has 3 heteroatoms. The van der Waals surface area contributed by atoms with E-state index in [4.69, 9.17) is 4.74 Å². The summed E-state index contributed by atoms with van der Waals surface area (Å²) >= 11 is 0. The average Bonchev–Trinajstić information content (AvgIpc) is 2.65. The summed E-state index contributed by atoms with van der Waals surface area (Å²) in [5.41, 5.74) is 5.41. The Hall–Kier alpha value is -1.94. The molecule has 2 aromatic rings. The predicted molar refractivity (Wildman–Crippen MR) is 104 cm³/mol. The fraction of sp³-hybridized carbons (Fsp3) is 0.364. The van der Waals surface area contributed by atoms with Crippen LogP contribution in [0.3, 0.4) is 0 Å². The number of rotatable bonds is 7. The highest BCUT2D eigenvalue weighted by Gasteiger charge is 2.12. The van der Waals surface area contributed by atoms with Crippen molar-refractivity contribution in [2.75, 3.05) is 32.8 Å². The van der Waals surface area contributed by atoms with Gasteiger partial charge >= 0.3 is 0 Å². The Kier molecular flexibility index (Phi) is 6.80. The summed E-state index contributed by atoms with van der Waals surface area (Å²) in [4.78, 5) is 2.48. The first-order valence-electron chi connectivity index (χ1n) is 9.11. The summed E-state index contributed by atoms with van der Waals surface area (Å²) in [6, 6.07) is 19.2. The Bertz CT molecular complexity index is 675. The molecular weight excluding hydrogens is 308 g/mol. The van der Waals surface area contributed by atoms with Gasteiger partial charge in [-0.1, -0.05) is 66.2 Å². The van der Waals surface area contributed by atoms with Crippen LogP contribution in [0.15, 0.2) is 60.2 Å². The van der Waals surface area contributed by atoms with Crippen molar-refractivity contribution >= 4 is 6.08 Å². The second kappa shape index (κ2) is 9.52. The van der Waals surface area contributed by atoms with Crippen LogP contribution in [0, 0.1) is 0 Å². The number of nitrogens with one attached hydrogen (secondary N) is 1. The summed E-state index contributed by atoms with van der Waals surface area (Å²) in [6.45, 7) is 8.76.